The van der Waals surface area contributed by atoms with E-state index in [2.05, 4.69) is 15.5 Å². The Hall–Kier alpha value is -0.980. The molecule has 0 aliphatic carbocycles. The monoisotopic (exact) mass is 295 g/mol. The van der Waals surface area contributed by atoms with Crippen molar-refractivity contribution in [2.24, 2.45) is 5.92 Å². The normalized spacial score (nSPS) is 25.9. The third-order valence-corrected chi connectivity index (χ3v) is 4.73. The van der Waals surface area contributed by atoms with E-state index in [4.69, 9.17) is 14.0 Å². The van der Waals surface area contributed by atoms with Crippen molar-refractivity contribution in [3.63, 3.8) is 0 Å². The summed E-state index contributed by atoms with van der Waals surface area (Å²) in [5.41, 5.74) is -0.424. The quantitative estimate of drug-likeness (QED) is 0.891. The highest BCUT2D eigenvalue weighted by Gasteiger charge is 2.39. The summed E-state index contributed by atoms with van der Waals surface area (Å²) in [6, 6.07) is 0. The lowest BCUT2D eigenvalue weighted by atomic mass is 9.93. The SMILES string of the molecule is COC1(c2noc(CCC3CCCNC3)n2)CCOCC1. The van der Waals surface area contributed by atoms with Gasteiger partial charge in [-0.25, -0.2) is 0 Å². The summed E-state index contributed by atoms with van der Waals surface area (Å²) in [5.74, 6) is 2.15. The van der Waals surface area contributed by atoms with Gasteiger partial charge in [0.25, 0.3) is 0 Å². The molecule has 3 heterocycles. The van der Waals surface area contributed by atoms with Crippen LogP contribution in [0.3, 0.4) is 0 Å². The molecule has 6 nitrogen and oxygen atoms in total. The predicted octanol–water partition coefficient (Wildman–Crippen LogP) is 1.65. The fraction of sp³-hybridized carbons (Fsp3) is 0.867. The number of rotatable bonds is 5. The number of methoxy groups -OCH3 is 1. The number of hydrogen-bond acceptors (Lipinski definition) is 6. The molecule has 2 aliphatic heterocycles. The molecule has 2 aliphatic rings. The zero-order valence-electron chi connectivity index (χ0n) is 12.8. The predicted molar refractivity (Wildman–Crippen MR) is 77.0 cm³/mol. The van der Waals surface area contributed by atoms with Crippen LogP contribution in [0, 0.1) is 5.92 Å². The molecule has 1 N–H and O–H groups in total. The Labute approximate surface area is 125 Å². The van der Waals surface area contributed by atoms with Crippen LogP contribution in [0.2, 0.25) is 0 Å². The van der Waals surface area contributed by atoms with E-state index < -0.39 is 5.60 Å². The fourth-order valence-electron chi connectivity index (χ4n) is 3.26. The largest absolute Gasteiger partial charge is 0.381 e. The molecule has 1 unspecified atom stereocenters. The van der Waals surface area contributed by atoms with Crippen molar-refractivity contribution in [3.8, 4) is 0 Å². The van der Waals surface area contributed by atoms with Gasteiger partial charge in [0.15, 0.2) is 0 Å². The van der Waals surface area contributed by atoms with Crippen molar-refractivity contribution in [1.82, 2.24) is 15.5 Å². The summed E-state index contributed by atoms with van der Waals surface area (Å²) < 4.78 is 16.5. The molecule has 6 heteroatoms. The van der Waals surface area contributed by atoms with Gasteiger partial charge < -0.3 is 19.3 Å². The average molecular weight is 295 g/mol. The lowest BCUT2D eigenvalue weighted by molar-refractivity contribution is -0.101. The second-order valence-electron chi connectivity index (χ2n) is 6.07. The van der Waals surface area contributed by atoms with E-state index in [-0.39, 0.29) is 0 Å². The van der Waals surface area contributed by atoms with E-state index in [1.54, 1.807) is 7.11 Å². The molecule has 0 bridgehead atoms. The standard InChI is InChI=1S/C15H25N3O3/c1-19-15(6-9-20-10-7-15)14-17-13(21-18-14)5-4-12-3-2-8-16-11-12/h12,16H,2-11H2,1H3. The van der Waals surface area contributed by atoms with Crippen molar-refractivity contribution < 1.29 is 14.0 Å². The first-order valence-corrected chi connectivity index (χ1v) is 7.99. The topological polar surface area (TPSA) is 69.4 Å². The summed E-state index contributed by atoms with van der Waals surface area (Å²) in [4.78, 5) is 4.58. The van der Waals surface area contributed by atoms with Crippen molar-refractivity contribution in [2.75, 3.05) is 33.4 Å². The first-order valence-electron chi connectivity index (χ1n) is 7.99. The summed E-state index contributed by atoms with van der Waals surface area (Å²) in [6.07, 6.45) is 6.11. The minimum Gasteiger partial charge on any atom is -0.381 e. The highest BCUT2D eigenvalue weighted by atomic mass is 16.5. The Bertz CT molecular complexity index is 437. The van der Waals surface area contributed by atoms with Gasteiger partial charge >= 0.3 is 0 Å². The molecule has 0 aromatic carbocycles. The summed E-state index contributed by atoms with van der Waals surface area (Å²) in [5, 5.41) is 7.61. The number of hydrogen-bond donors (Lipinski definition) is 1. The number of aryl methyl sites for hydroxylation is 1. The maximum Gasteiger partial charge on any atom is 0.226 e. The molecule has 1 aromatic rings. The first-order chi connectivity index (χ1) is 10.3. The minimum atomic E-state index is -0.424. The molecule has 1 atom stereocenters. The van der Waals surface area contributed by atoms with Crippen LogP contribution in [0.1, 0.15) is 43.8 Å². The highest BCUT2D eigenvalue weighted by Crippen LogP contribution is 2.33. The van der Waals surface area contributed by atoms with Crippen LogP contribution in [0.5, 0.6) is 0 Å². The molecule has 2 saturated heterocycles. The fourth-order valence-corrected chi connectivity index (χ4v) is 3.26. The number of ether oxygens (including phenoxy) is 2. The van der Waals surface area contributed by atoms with Gasteiger partial charge in [-0.3, -0.25) is 0 Å². The zero-order valence-corrected chi connectivity index (χ0v) is 12.8. The van der Waals surface area contributed by atoms with Crippen molar-refractivity contribution in [1.29, 1.82) is 0 Å². The van der Waals surface area contributed by atoms with E-state index in [1.165, 1.54) is 12.8 Å². The zero-order chi connectivity index (χ0) is 14.5. The molecule has 0 amide bonds. The minimum absolute atomic E-state index is 0.424. The molecular weight excluding hydrogens is 270 g/mol. The Kier molecular flexibility index (Phi) is 4.87. The second kappa shape index (κ2) is 6.85. The lowest BCUT2D eigenvalue weighted by Crippen LogP contribution is -2.36. The molecule has 1 aromatic heterocycles. The van der Waals surface area contributed by atoms with Gasteiger partial charge in [0.2, 0.25) is 11.7 Å². The number of nitrogens with zero attached hydrogens (tertiary/aromatic N) is 2. The van der Waals surface area contributed by atoms with E-state index in [9.17, 15) is 0 Å². The maximum atomic E-state index is 5.70. The number of nitrogens with one attached hydrogen (secondary N) is 1. The summed E-state index contributed by atoms with van der Waals surface area (Å²) in [7, 11) is 1.72. The Morgan fingerprint density at radius 3 is 2.95 bits per heavy atom. The molecule has 0 spiro atoms. The van der Waals surface area contributed by atoms with Gasteiger partial charge in [0.1, 0.15) is 5.60 Å². The Morgan fingerprint density at radius 1 is 1.38 bits per heavy atom. The Balaban J connectivity index is 1.59. The maximum absolute atomic E-state index is 5.70. The van der Waals surface area contributed by atoms with Gasteiger partial charge in [-0.15, -0.1) is 0 Å². The molecule has 21 heavy (non-hydrogen) atoms. The van der Waals surface area contributed by atoms with Crippen LogP contribution < -0.4 is 5.32 Å². The first kappa shape index (κ1) is 14.9. The van der Waals surface area contributed by atoms with Gasteiger partial charge in [-0.1, -0.05) is 5.16 Å². The Morgan fingerprint density at radius 2 is 2.24 bits per heavy atom. The van der Waals surface area contributed by atoms with Crippen LogP contribution in [0.15, 0.2) is 4.52 Å². The molecule has 118 valence electrons. The van der Waals surface area contributed by atoms with Gasteiger partial charge in [-0.05, 0) is 38.3 Å². The van der Waals surface area contributed by atoms with Gasteiger partial charge in [0.05, 0.1) is 0 Å². The molecule has 2 fully saturated rings. The second-order valence-corrected chi connectivity index (χ2v) is 6.07. The number of aromatic nitrogens is 2. The van der Waals surface area contributed by atoms with Crippen LogP contribution in [0.4, 0.5) is 0 Å². The van der Waals surface area contributed by atoms with E-state index in [1.807, 2.05) is 0 Å². The molecule has 3 rings (SSSR count). The van der Waals surface area contributed by atoms with E-state index in [0.29, 0.717) is 19.0 Å². The van der Waals surface area contributed by atoms with Crippen molar-refractivity contribution in [2.45, 2.75) is 44.1 Å². The van der Waals surface area contributed by atoms with E-state index >= 15 is 0 Å². The molecular formula is C15H25N3O3. The number of piperidine rings is 1. The van der Waals surface area contributed by atoms with Crippen LogP contribution >= 0.6 is 0 Å². The van der Waals surface area contributed by atoms with E-state index in [0.717, 1.165) is 50.6 Å². The van der Waals surface area contributed by atoms with Crippen LogP contribution in [0.25, 0.3) is 0 Å². The summed E-state index contributed by atoms with van der Waals surface area (Å²) >= 11 is 0. The third kappa shape index (κ3) is 3.44. The molecule has 0 radical (unpaired) electrons. The van der Waals surface area contributed by atoms with Gasteiger partial charge in [0, 0.05) is 39.6 Å². The van der Waals surface area contributed by atoms with Crippen molar-refractivity contribution >= 4 is 0 Å². The van der Waals surface area contributed by atoms with Crippen molar-refractivity contribution in [3.05, 3.63) is 11.7 Å². The smallest absolute Gasteiger partial charge is 0.226 e. The highest BCUT2D eigenvalue weighted by molar-refractivity contribution is 5.03. The van der Waals surface area contributed by atoms with Crippen LogP contribution in [-0.2, 0) is 21.5 Å². The third-order valence-electron chi connectivity index (χ3n) is 4.73. The van der Waals surface area contributed by atoms with Crippen LogP contribution in [-0.4, -0.2) is 43.6 Å². The average Bonchev–Trinajstić information content (AvgIpc) is 3.04. The molecule has 0 saturated carbocycles. The lowest BCUT2D eigenvalue weighted by Gasteiger charge is -2.32. The summed E-state index contributed by atoms with van der Waals surface area (Å²) in [6.45, 7) is 3.64. The van der Waals surface area contributed by atoms with Gasteiger partial charge in [-0.2, -0.15) is 4.98 Å².